The number of rotatable bonds is 6. The van der Waals surface area contributed by atoms with Gasteiger partial charge in [-0.2, -0.15) is 13.2 Å². The molecule has 0 unspecified atom stereocenters. The Labute approximate surface area is 170 Å². The summed E-state index contributed by atoms with van der Waals surface area (Å²) in [5.41, 5.74) is 0.348. The Morgan fingerprint density at radius 3 is 2.66 bits per heavy atom. The van der Waals surface area contributed by atoms with Gasteiger partial charge in [0.25, 0.3) is 5.91 Å². The highest BCUT2D eigenvalue weighted by Gasteiger charge is 2.31. The van der Waals surface area contributed by atoms with E-state index in [1.165, 1.54) is 17.5 Å². The lowest BCUT2D eigenvalue weighted by Crippen LogP contribution is -2.25. The van der Waals surface area contributed by atoms with Crippen LogP contribution in [0.2, 0.25) is 0 Å². The molecule has 0 aliphatic heterocycles. The molecule has 2 N–H and O–H groups in total. The molecule has 0 radical (unpaired) electrons. The molecule has 3 aromatic rings. The molecular weight excluding hydrogens is 403 g/mol. The zero-order valence-corrected chi connectivity index (χ0v) is 17.1. The molecule has 0 fully saturated rings. The van der Waals surface area contributed by atoms with Crippen molar-refractivity contribution < 1.29 is 18.0 Å². The maximum Gasteiger partial charge on any atom is 0.417 e. The number of alkyl halides is 3. The smallest absolute Gasteiger partial charge is 0.351 e. The number of nitrogens with zero attached hydrogens (tertiary/aromatic N) is 3. The number of halogens is 3. The summed E-state index contributed by atoms with van der Waals surface area (Å²) >= 11 is 1.35. The SMILES string of the molecule is CC.CCCNC(=O)c1nc(NCc2cncc(C(F)(F)F)c2)nc2ccsc12. The van der Waals surface area contributed by atoms with Crippen LogP contribution in [0.1, 0.15) is 48.8 Å². The average molecular weight is 425 g/mol. The summed E-state index contributed by atoms with van der Waals surface area (Å²) in [7, 11) is 0. The van der Waals surface area contributed by atoms with Crippen LogP contribution >= 0.6 is 11.3 Å². The number of nitrogens with one attached hydrogen (secondary N) is 2. The Balaban J connectivity index is 0.00000145. The van der Waals surface area contributed by atoms with E-state index in [1.807, 2.05) is 20.8 Å². The van der Waals surface area contributed by atoms with Crippen LogP contribution in [0.4, 0.5) is 19.1 Å². The third-order valence-corrected chi connectivity index (χ3v) is 4.54. The molecule has 0 aromatic carbocycles. The first-order valence-corrected chi connectivity index (χ1v) is 10.0. The molecule has 29 heavy (non-hydrogen) atoms. The van der Waals surface area contributed by atoms with Crippen molar-refractivity contribution in [2.45, 2.75) is 39.9 Å². The van der Waals surface area contributed by atoms with Crippen molar-refractivity contribution in [3.05, 3.63) is 46.7 Å². The molecule has 0 saturated heterocycles. The second-order valence-electron chi connectivity index (χ2n) is 5.72. The van der Waals surface area contributed by atoms with Gasteiger partial charge in [-0.15, -0.1) is 11.3 Å². The Morgan fingerprint density at radius 1 is 1.21 bits per heavy atom. The molecular formula is C19H22F3N5OS. The maximum atomic E-state index is 12.8. The van der Waals surface area contributed by atoms with Crippen molar-refractivity contribution in [2.24, 2.45) is 0 Å². The normalized spacial score (nSPS) is 11.0. The molecule has 10 heteroatoms. The summed E-state index contributed by atoms with van der Waals surface area (Å²) in [5, 5.41) is 7.44. The van der Waals surface area contributed by atoms with Gasteiger partial charge in [0.2, 0.25) is 5.95 Å². The molecule has 3 heterocycles. The summed E-state index contributed by atoms with van der Waals surface area (Å²) in [6, 6.07) is 2.77. The molecule has 0 saturated carbocycles. The van der Waals surface area contributed by atoms with E-state index in [1.54, 1.807) is 11.4 Å². The molecule has 0 spiro atoms. The van der Waals surface area contributed by atoms with Gasteiger partial charge >= 0.3 is 6.18 Å². The van der Waals surface area contributed by atoms with Gasteiger partial charge in [0.05, 0.1) is 15.8 Å². The number of amides is 1. The van der Waals surface area contributed by atoms with E-state index in [2.05, 4.69) is 25.6 Å². The van der Waals surface area contributed by atoms with Gasteiger partial charge in [0.15, 0.2) is 5.69 Å². The summed E-state index contributed by atoms with van der Waals surface area (Å²) in [6.45, 7) is 6.51. The van der Waals surface area contributed by atoms with Gasteiger partial charge in [0, 0.05) is 25.5 Å². The second-order valence-corrected chi connectivity index (χ2v) is 6.64. The first kappa shape index (κ1) is 22.5. The fourth-order valence-electron chi connectivity index (χ4n) is 2.34. The molecule has 0 aliphatic rings. The lowest BCUT2D eigenvalue weighted by molar-refractivity contribution is -0.137. The van der Waals surface area contributed by atoms with Gasteiger partial charge in [-0.3, -0.25) is 9.78 Å². The van der Waals surface area contributed by atoms with Gasteiger partial charge in [-0.05, 0) is 29.5 Å². The van der Waals surface area contributed by atoms with Gasteiger partial charge < -0.3 is 10.6 Å². The Bertz CT molecular complexity index is 958. The highest BCUT2D eigenvalue weighted by Crippen LogP contribution is 2.29. The minimum atomic E-state index is -4.46. The van der Waals surface area contributed by atoms with Crippen LogP contribution in [0.5, 0.6) is 0 Å². The van der Waals surface area contributed by atoms with E-state index in [0.717, 1.165) is 18.7 Å². The van der Waals surface area contributed by atoms with Crippen molar-refractivity contribution in [1.82, 2.24) is 20.3 Å². The van der Waals surface area contributed by atoms with Crippen LogP contribution in [-0.2, 0) is 12.7 Å². The molecule has 0 bridgehead atoms. The molecule has 156 valence electrons. The predicted octanol–water partition coefficient (Wildman–Crippen LogP) is 4.88. The van der Waals surface area contributed by atoms with E-state index in [0.29, 0.717) is 22.3 Å². The predicted molar refractivity (Wildman–Crippen MR) is 108 cm³/mol. The second kappa shape index (κ2) is 10.1. The number of anilines is 1. The van der Waals surface area contributed by atoms with Crippen molar-refractivity contribution in [3.8, 4) is 0 Å². The van der Waals surface area contributed by atoms with E-state index < -0.39 is 11.7 Å². The highest BCUT2D eigenvalue weighted by atomic mass is 32.1. The Morgan fingerprint density at radius 2 is 1.97 bits per heavy atom. The maximum absolute atomic E-state index is 12.8. The Kier molecular flexibility index (Phi) is 7.89. The zero-order chi connectivity index (χ0) is 21.4. The van der Waals surface area contributed by atoms with Crippen molar-refractivity contribution in [1.29, 1.82) is 0 Å². The third kappa shape index (κ3) is 5.86. The van der Waals surface area contributed by atoms with Crippen molar-refractivity contribution >= 4 is 33.4 Å². The largest absolute Gasteiger partial charge is 0.417 e. The number of pyridine rings is 1. The average Bonchev–Trinajstić information content (AvgIpc) is 3.19. The van der Waals surface area contributed by atoms with Crippen LogP contribution in [0, 0.1) is 0 Å². The number of carbonyl (C=O) groups is 1. The molecule has 0 aliphatic carbocycles. The number of hydrogen-bond donors (Lipinski definition) is 2. The van der Waals surface area contributed by atoms with Gasteiger partial charge in [-0.1, -0.05) is 20.8 Å². The summed E-state index contributed by atoms with van der Waals surface area (Å²) < 4.78 is 39.0. The van der Waals surface area contributed by atoms with Crippen molar-refractivity contribution in [3.63, 3.8) is 0 Å². The molecule has 0 atom stereocenters. The first-order valence-electron chi connectivity index (χ1n) is 9.17. The lowest BCUT2D eigenvalue weighted by Gasteiger charge is -2.10. The lowest BCUT2D eigenvalue weighted by atomic mass is 10.2. The third-order valence-electron chi connectivity index (χ3n) is 3.63. The number of thiophene rings is 1. The number of aromatic nitrogens is 3. The number of fused-ring (bicyclic) bond motifs is 1. The van der Waals surface area contributed by atoms with Crippen LogP contribution in [-0.4, -0.2) is 27.4 Å². The van der Waals surface area contributed by atoms with Crippen LogP contribution in [0.15, 0.2) is 29.9 Å². The summed E-state index contributed by atoms with van der Waals surface area (Å²) in [6.07, 6.45) is -1.56. The number of carbonyl (C=O) groups excluding carboxylic acids is 1. The summed E-state index contributed by atoms with van der Waals surface area (Å²) in [4.78, 5) is 24.5. The van der Waals surface area contributed by atoms with Gasteiger partial charge in [0.1, 0.15) is 0 Å². The van der Waals surface area contributed by atoms with E-state index in [4.69, 9.17) is 0 Å². The van der Waals surface area contributed by atoms with E-state index >= 15 is 0 Å². The van der Waals surface area contributed by atoms with Crippen LogP contribution in [0.3, 0.4) is 0 Å². The minimum absolute atomic E-state index is 0.0442. The topological polar surface area (TPSA) is 79.8 Å². The quantitative estimate of drug-likeness (QED) is 0.588. The Hall–Kier alpha value is -2.75. The van der Waals surface area contributed by atoms with E-state index in [9.17, 15) is 18.0 Å². The molecule has 1 amide bonds. The fourth-order valence-corrected chi connectivity index (χ4v) is 3.16. The zero-order valence-electron chi connectivity index (χ0n) is 16.3. The van der Waals surface area contributed by atoms with Crippen LogP contribution in [0.25, 0.3) is 10.2 Å². The first-order chi connectivity index (χ1) is 13.9. The molecule has 3 rings (SSSR count). The van der Waals surface area contributed by atoms with Gasteiger partial charge in [-0.25, -0.2) is 9.97 Å². The fraction of sp³-hybridized carbons (Fsp3) is 0.368. The number of hydrogen-bond acceptors (Lipinski definition) is 6. The van der Waals surface area contributed by atoms with Crippen LogP contribution < -0.4 is 10.6 Å². The highest BCUT2D eigenvalue weighted by molar-refractivity contribution is 7.17. The summed E-state index contributed by atoms with van der Waals surface area (Å²) in [5.74, 6) is -0.143. The monoisotopic (exact) mass is 425 g/mol. The van der Waals surface area contributed by atoms with E-state index in [-0.39, 0.29) is 24.1 Å². The van der Waals surface area contributed by atoms with Crippen molar-refractivity contribution in [2.75, 3.05) is 11.9 Å². The minimum Gasteiger partial charge on any atom is -0.351 e. The standard InChI is InChI=1S/C17H16F3N5OS.C2H6/c1-2-4-22-15(26)13-14-12(3-5-27-14)24-16(25-13)23-8-10-6-11(9-21-7-10)17(18,19)20;1-2/h3,5-7,9H,2,4,8H2,1H3,(H,22,26)(H,23,24,25);1-2H3. The molecule has 3 aromatic heterocycles. The molecule has 6 nitrogen and oxygen atoms in total.